The molecule has 1 saturated heterocycles. The number of esters is 1. The summed E-state index contributed by atoms with van der Waals surface area (Å²) in [7, 11) is 2.23. The minimum absolute atomic E-state index is 0.0371. The Morgan fingerprint density at radius 1 is 1.00 bits per heavy atom. The number of para-hydroxylation sites is 2. The number of benzene rings is 3. The number of rotatable bonds is 8. The van der Waals surface area contributed by atoms with Crippen LogP contribution >= 0.6 is 0 Å². The minimum Gasteiger partial charge on any atom is -0.493 e. The van der Waals surface area contributed by atoms with Gasteiger partial charge in [-0.25, -0.2) is 0 Å². The Morgan fingerprint density at radius 3 is 2.31 bits per heavy atom. The van der Waals surface area contributed by atoms with Gasteiger partial charge in [0.15, 0.2) is 6.10 Å². The molecule has 0 amide bonds. The monoisotopic (exact) mass is 474 g/mol. The van der Waals surface area contributed by atoms with Crippen LogP contribution < -0.4 is 9.47 Å². The Morgan fingerprint density at radius 2 is 1.66 bits per heavy atom. The second-order valence-electron chi connectivity index (χ2n) is 9.71. The third-order valence-electron chi connectivity index (χ3n) is 7.05. The van der Waals surface area contributed by atoms with Gasteiger partial charge in [0, 0.05) is 24.0 Å². The highest BCUT2D eigenvalue weighted by Crippen LogP contribution is 2.44. The van der Waals surface area contributed by atoms with Crippen molar-refractivity contribution in [2.75, 3.05) is 33.3 Å². The fourth-order valence-electron chi connectivity index (χ4n) is 5.15. The quantitative estimate of drug-likeness (QED) is 0.293. The number of hydrogen-bond donors (Lipinski definition) is 1. The first kappa shape index (κ1) is 23.4. The lowest BCUT2D eigenvalue weighted by atomic mass is 9.88. The smallest absolute Gasteiger partial charge is 0.318 e. The molecule has 2 unspecified atom stereocenters. The third-order valence-corrected chi connectivity index (χ3v) is 7.05. The lowest BCUT2D eigenvalue weighted by Gasteiger charge is -2.30. The van der Waals surface area contributed by atoms with Gasteiger partial charge in [-0.1, -0.05) is 48.5 Å². The van der Waals surface area contributed by atoms with Crippen LogP contribution in [0.15, 0.2) is 72.8 Å². The van der Waals surface area contributed by atoms with Crippen molar-refractivity contribution in [3.63, 3.8) is 0 Å². The standard InChI is InChI=1S/C29H32NO5/c1-30(16-6-18-33-22-13-11-21(20-31)12-14-22)17-15-23(19-30)34-29(32)28-24-7-2-4-9-26(24)35-27-10-5-3-8-25(27)28/h2-5,7-14,23,28,31H,6,15-20H2,1H3/q+1. The van der Waals surface area contributed by atoms with E-state index < -0.39 is 5.92 Å². The Balaban J connectivity index is 1.17. The minimum atomic E-state index is -0.471. The first-order chi connectivity index (χ1) is 17.0. The van der Waals surface area contributed by atoms with Gasteiger partial charge in [-0.15, -0.1) is 0 Å². The third kappa shape index (κ3) is 5.19. The molecule has 6 heteroatoms. The molecule has 1 N–H and O–H groups in total. The second-order valence-corrected chi connectivity index (χ2v) is 9.71. The molecule has 2 heterocycles. The number of carbonyl (C=O) groups excluding carboxylic acids is 1. The first-order valence-electron chi connectivity index (χ1n) is 12.3. The highest BCUT2D eigenvalue weighted by molar-refractivity contribution is 5.85. The molecule has 2 aliphatic rings. The number of hydrogen-bond acceptors (Lipinski definition) is 5. The SMILES string of the molecule is C[N+]1(CCCOc2ccc(CO)cc2)CCC(OC(=O)C2c3ccccc3Oc3ccccc32)C1. The number of nitrogens with zero attached hydrogens (tertiary/aromatic N) is 1. The molecule has 2 aliphatic heterocycles. The maximum absolute atomic E-state index is 13.4. The zero-order valence-corrected chi connectivity index (χ0v) is 20.1. The van der Waals surface area contributed by atoms with E-state index in [0.29, 0.717) is 18.1 Å². The van der Waals surface area contributed by atoms with Crippen LogP contribution in [0.3, 0.4) is 0 Å². The molecule has 6 nitrogen and oxygen atoms in total. The Bertz CT molecular complexity index is 1130. The number of likely N-dealkylation sites (tertiary alicyclic amines) is 1. The molecule has 2 atom stereocenters. The van der Waals surface area contributed by atoms with Crippen molar-refractivity contribution >= 4 is 5.97 Å². The van der Waals surface area contributed by atoms with Gasteiger partial charge in [0.2, 0.25) is 0 Å². The Hall–Kier alpha value is -3.35. The molecule has 0 radical (unpaired) electrons. The van der Waals surface area contributed by atoms with Crippen LogP contribution in [0.5, 0.6) is 17.2 Å². The molecule has 0 saturated carbocycles. The normalized spacial score (nSPS) is 21.0. The number of fused-ring (bicyclic) bond motifs is 2. The molecule has 1 fully saturated rings. The van der Waals surface area contributed by atoms with Crippen LogP contribution in [0, 0.1) is 0 Å². The maximum Gasteiger partial charge on any atom is 0.318 e. The molecule has 3 aromatic rings. The predicted molar refractivity (Wildman–Crippen MR) is 133 cm³/mol. The van der Waals surface area contributed by atoms with Crippen molar-refractivity contribution < 1.29 is 28.6 Å². The fourth-order valence-corrected chi connectivity index (χ4v) is 5.15. The van der Waals surface area contributed by atoms with Gasteiger partial charge in [0.1, 0.15) is 29.7 Å². The summed E-state index contributed by atoms with van der Waals surface area (Å²) in [6.45, 7) is 3.42. The highest BCUT2D eigenvalue weighted by Gasteiger charge is 2.40. The van der Waals surface area contributed by atoms with E-state index in [1.165, 1.54) is 0 Å². The number of aliphatic hydroxyl groups excluding tert-OH is 1. The Labute approximate surface area is 206 Å². The average molecular weight is 475 g/mol. The lowest BCUT2D eigenvalue weighted by molar-refractivity contribution is -0.899. The van der Waals surface area contributed by atoms with Crippen molar-refractivity contribution in [3.05, 3.63) is 89.5 Å². The van der Waals surface area contributed by atoms with E-state index >= 15 is 0 Å². The zero-order valence-electron chi connectivity index (χ0n) is 20.1. The van der Waals surface area contributed by atoms with Crippen molar-refractivity contribution in [2.24, 2.45) is 0 Å². The number of ether oxygens (including phenoxy) is 3. The van der Waals surface area contributed by atoms with Gasteiger partial charge >= 0.3 is 5.97 Å². The molecular formula is C29H32NO5+. The molecule has 0 spiro atoms. The van der Waals surface area contributed by atoms with Crippen LogP contribution in [-0.4, -0.2) is 55.0 Å². The summed E-state index contributed by atoms with van der Waals surface area (Å²) in [4.78, 5) is 13.4. The largest absolute Gasteiger partial charge is 0.493 e. The van der Waals surface area contributed by atoms with E-state index in [-0.39, 0.29) is 18.7 Å². The lowest BCUT2D eigenvalue weighted by Crippen LogP contribution is -2.44. The van der Waals surface area contributed by atoms with Crippen molar-refractivity contribution in [1.29, 1.82) is 0 Å². The molecule has 35 heavy (non-hydrogen) atoms. The van der Waals surface area contributed by atoms with Crippen LogP contribution in [0.25, 0.3) is 0 Å². The number of carbonyl (C=O) groups is 1. The van der Waals surface area contributed by atoms with Gasteiger partial charge in [0.05, 0.1) is 33.4 Å². The van der Waals surface area contributed by atoms with Gasteiger partial charge in [0.25, 0.3) is 0 Å². The topological polar surface area (TPSA) is 65.0 Å². The Kier molecular flexibility index (Phi) is 6.75. The molecule has 0 aliphatic carbocycles. The van der Waals surface area contributed by atoms with E-state index in [0.717, 1.165) is 59.4 Å². The van der Waals surface area contributed by atoms with E-state index in [9.17, 15) is 4.79 Å². The van der Waals surface area contributed by atoms with Crippen molar-refractivity contribution in [2.45, 2.75) is 31.5 Å². The van der Waals surface area contributed by atoms with Crippen LogP contribution in [0.2, 0.25) is 0 Å². The van der Waals surface area contributed by atoms with Crippen molar-refractivity contribution in [3.8, 4) is 17.2 Å². The zero-order chi connectivity index (χ0) is 24.3. The maximum atomic E-state index is 13.4. The van der Waals surface area contributed by atoms with Crippen molar-refractivity contribution in [1.82, 2.24) is 0 Å². The van der Waals surface area contributed by atoms with Gasteiger partial charge in [-0.3, -0.25) is 4.79 Å². The van der Waals surface area contributed by atoms with Gasteiger partial charge in [-0.05, 0) is 29.8 Å². The molecular weight excluding hydrogens is 442 g/mol. The van der Waals surface area contributed by atoms with Crippen LogP contribution in [0.1, 0.15) is 35.4 Å². The fraction of sp³-hybridized carbons (Fsp3) is 0.345. The molecule has 182 valence electrons. The highest BCUT2D eigenvalue weighted by atomic mass is 16.5. The summed E-state index contributed by atoms with van der Waals surface area (Å²) in [6, 6.07) is 22.9. The second kappa shape index (κ2) is 10.1. The number of aliphatic hydroxyl groups is 1. The summed E-state index contributed by atoms with van der Waals surface area (Å²) in [5.74, 6) is 1.56. The van der Waals surface area contributed by atoms with Gasteiger partial charge in [-0.2, -0.15) is 0 Å². The predicted octanol–water partition coefficient (Wildman–Crippen LogP) is 4.65. The number of quaternary nitrogens is 1. The van der Waals surface area contributed by atoms with Gasteiger partial charge < -0.3 is 23.8 Å². The van der Waals surface area contributed by atoms with Crippen LogP contribution in [0.4, 0.5) is 0 Å². The molecule has 0 aromatic heterocycles. The summed E-state index contributed by atoms with van der Waals surface area (Å²) in [5.41, 5.74) is 2.59. The van der Waals surface area contributed by atoms with E-state index in [1.807, 2.05) is 72.8 Å². The molecule has 3 aromatic carbocycles. The van der Waals surface area contributed by atoms with Crippen LogP contribution in [-0.2, 0) is 16.1 Å². The molecule has 0 bridgehead atoms. The molecule has 5 rings (SSSR count). The summed E-state index contributed by atoms with van der Waals surface area (Å²) < 4.78 is 18.8. The van der Waals surface area contributed by atoms with E-state index in [2.05, 4.69) is 7.05 Å². The van der Waals surface area contributed by atoms with E-state index in [4.69, 9.17) is 19.3 Å². The number of likely N-dealkylation sites (N-methyl/N-ethyl adjacent to an activating group) is 1. The average Bonchev–Trinajstić information content (AvgIpc) is 3.25. The first-order valence-corrected chi connectivity index (χ1v) is 12.3. The summed E-state index contributed by atoms with van der Waals surface area (Å²) in [5, 5.41) is 9.15. The van der Waals surface area contributed by atoms with E-state index in [1.54, 1.807) is 0 Å². The summed E-state index contributed by atoms with van der Waals surface area (Å²) >= 11 is 0. The summed E-state index contributed by atoms with van der Waals surface area (Å²) in [6.07, 6.45) is 1.68.